The highest BCUT2D eigenvalue weighted by Crippen LogP contribution is 1.99. The van der Waals surface area contributed by atoms with Crippen molar-refractivity contribution in [1.82, 2.24) is 19.2 Å². The molecule has 2 aromatic heterocycles. The van der Waals surface area contributed by atoms with E-state index in [0.29, 0.717) is 18.6 Å². The van der Waals surface area contributed by atoms with E-state index in [9.17, 15) is 9.59 Å². The van der Waals surface area contributed by atoms with E-state index in [4.69, 9.17) is 0 Å². The van der Waals surface area contributed by atoms with E-state index >= 15 is 0 Å². The van der Waals surface area contributed by atoms with Gasteiger partial charge < -0.3 is 4.79 Å². The smallest absolute Gasteiger partial charge is 0.300 e. The molecule has 0 atom stereocenters. The predicted octanol–water partition coefficient (Wildman–Crippen LogP) is 0.650. The summed E-state index contributed by atoms with van der Waals surface area (Å²) in [6, 6.07) is 0. The first kappa shape index (κ1) is 11.5. The van der Waals surface area contributed by atoms with Crippen LogP contribution < -0.4 is 5.69 Å². The molecule has 17 heavy (non-hydrogen) atoms. The Morgan fingerprint density at radius 3 is 2.94 bits per heavy atom. The monoisotopic (exact) mass is 234 g/mol. The third-order valence-corrected chi connectivity index (χ3v) is 2.54. The minimum Gasteiger partial charge on any atom is -0.300 e. The van der Waals surface area contributed by atoms with Gasteiger partial charge in [-0.3, -0.25) is 4.98 Å². The van der Waals surface area contributed by atoms with Crippen molar-refractivity contribution in [1.29, 1.82) is 0 Å². The molecular weight excluding hydrogens is 220 g/mol. The van der Waals surface area contributed by atoms with Gasteiger partial charge in [0.2, 0.25) is 0 Å². The molecule has 0 bridgehead atoms. The Kier molecular flexibility index (Phi) is 3.32. The van der Waals surface area contributed by atoms with Gasteiger partial charge in [0.05, 0.1) is 6.20 Å². The SMILES string of the molecule is CC(=O)CCCCn1nc2cnccn2c1=O. The predicted molar refractivity (Wildman–Crippen MR) is 61.8 cm³/mol. The van der Waals surface area contributed by atoms with Crippen molar-refractivity contribution in [2.45, 2.75) is 32.7 Å². The normalized spacial score (nSPS) is 10.9. The van der Waals surface area contributed by atoms with Gasteiger partial charge in [0.25, 0.3) is 0 Å². The number of aromatic nitrogens is 4. The highest BCUT2D eigenvalue weighted by molar-refractivity contribution is 5.75. The maximum absolute atomic E-state index is 11.8. The van der Waals surface area contributed by atoms with Crippen molar-refractivity contribution in [3.63, 3.8) is 0 Å². The molecule has 0 unspecified atom stereocenters. The van der Waals surface area contributed by atoms with Gasteiger partial charge in [-0.05, 0) is 19.8 Å². The average Bonchev–Trinajstić information content (AvgIpc) is 2.63. The summed E-state index contributed by atoms with van der Waals surface area (Å²) in [7, 11) is 0. The van der Waals surface area contributed by atoms with Gasteiger partial charge in [0, 0.05) is 25.4 Å². The van der Waals surface area contributed by atoms with Gasteiger partial charge >= 0.3 is 5.69 Å². The van der Waals surface area contributed by atoms with Crippen molar-refractivity contribution in [2.24, 2.45) is 0 Å². The number of fused-ring (bicyclic) bond motifs is 1. The van der Waals surface area contributed by atoms with Crippen LogP contribution >= 0.6 is 0 Å². The lowest BCUT2D eigenvalue weighted by Crippen LogP contribution is -2.21. The van der Waals surface area contributed by atoms with Crippen LogP contribution in [0.25, 0.3) is 5.65 Å². The Morgan fingerprint density at radius 1 is 1.41 bits per heavy atom. The summed E-state index contributed by atoms with van der Waals surface area (Å²) in [5, 5.41) is 4.15. The van der Waals surface area contributed by atoms with Gasteiger partial charge in [0.1, 0.15) is 5.78 Å². The molecule has 0 aliphatic carbocycles. The number of nitrogens with zero attached hydrogens (tertiary/aromatic N) is 4. The molecule has 0 amide bonds. The number of ketones is 1. The van der Waals surface area contributed by atoms with Crippen LogP contribution in [0.15, 0.2) is 23.4 Å². The van der Waals surface area contributed by atoms with Crippen molar-refractivity contribution >= 4 is 11.4 Å². The van der Waals surface area contributed by atoms with Crippen LogP contribution in [-0.2, 0) is 11.3 Å². The summed E-state index contributed by atoms with van der Waals surface area (Å²) in [4.78, 5) is 26.5. The molecule has 2 rings (SSSR count). The van der Waals surface area contributed by atoms with Crippen LogP contribution in [0.3, 0.4) is 0 Å². The van der Waals surface area contributed by atoms with Crippen LogP contribution in [0.5, 0.6) is 0 Å². The largest absolute Gasteiger partial charge is 0.350 e. The second-order valence-electron chi connectivity index (χ2n) is 3.97. The van der Waals surface area contributed by atoms with Crippen LogP contribution in [0, 0.1) is 0 Å². The Morgan fingerprint density at radius 2 is 2.24 bits per heavy atom. The van der Waals surface area contributed by atoms with E-state index in [-0.39, 0.29) is 11.5 Å². The van der Waals surface area contributed by atoms with Gasteiger partial charge in [-0.25, -0.2) is 13.9 Å². The maximum atomic E-state index is 11.8. The van der Waals surface area contributed by atoms with Crippen LogP contribution in [0.1, 0.15) is 26.2 Å². The summed E-state index contributed by atoms with van der Waals surface area (Å²) in [6.07, 6.45) is 6.81. The van der Waals surface area contributed by atoms with E-state index in [1.165, 1.54) is 9.08 Å². The van der Waals surface area contributed by atoms with Crippen molar-refractivity contribution < 1.29 is 4.79 Å². The zero-order chi connectivity index (χ0) is 12.3. The quantitative estimate of drug-likeness (QED) is 0.712. The minimum absolute atomic E-state index is 0.162. The number of rotatable bonds is 5. The van der Waals surface area contributed by atoms with E-state index in [1.54, 1.807) is 25.5 Å². The summed E-state index contributed by atoms with van der Waals surface area (Å²) in [5.41, 5.74) is 0.384. The van der Waals surface area contributed by atoms with Gasteiger partial charge in [-0.2, -0.15) is 0 Å². The summed E-state index contributed by atoms with van der Waals surface area (Å²) in [5.74, 6) is 0.177. The number of carbonyl (C=O) groups is 1. The zero-order valence-corrected chi connectivity index (χ0v) is 9.67. The molecule has 0 N–H and O–H groups in total. The fourth-order valence-corrected chi connectivity index (χ4v) is 1.66. The second kappa shape index (κ2) is 4.90. The Labute approximate surface area is 97.9 Å². The Hall–Kier alpha value is -1.98. The van der Waals surface area contributed by atoms with Crippen LogP contribution in [0.4, 0.5) is 0 Å². The number of Topliss-reactive ketones (excluding diaryl/α,β-unsaturated/α-hetero) is 1. The number of carbonyl (C=O) groups excluding carboxylic acids is 1. The summed E-state index contributed by atoms with van der Waals surface area (Å²) < 4.78 is 2.87. The lowest BCUT2D eigenvalue weighted by atomic mass is 10.2. The highest BCUT2D eigenvalue weighted by atomic mass is 16.2. The number of unbranched alkanes of at least 4 members (excludes halogenated alkanes) is 1. The van der Waals surface area contributed by atoms with Gasteiger partial charge in [-0.1, -0.05) is 0 Å². The third kappa shape index (κ3) is 2.58. The summed E-state index contributed by atoms with van der Waals surface area (Å²) in [6.45, 7) is 2.11. The van der Waals surface area contributed by atoms with Crippen molar-refractivity contribution in [2.75, 3.05) is 0 Å². The molecule has 0 aliphatic heterocycles. The maximum Gasteiger partial charge on any atom is 0.350 e. The molecule has 0 radical (unpaired) electrons. The van der Waals surface area contributed by atoms with Crippen molar-refractivity contribution in [3.8, 4) is 0 Å². The zero-order valence-electron chi connectivity index (χ0n) is 9.67. The Bertz CT molecular complexity index is 584. The summed E-state index contributed by atoms with van der Waals surface area (Å²) >= 11 is 0. The standard InChI is InChI=1S/C11H14N4O2/c1-9(16)4-2-3-6-15-11(17)14-7-5-12-8-10(14)13-15/h5,7-8H,2-4,6H2,1H3. The lowest BCUT2D eigenvalue weighted by Gasteiger charge is -1.97. The molecule has 0 spiro atoms. The molecule has 2 heterocycles. The fraction of sp³-hybridized carbons (Fsp3) is 0.455. The lowest BCUT2D eigenvalue weighted by molar-refractivity contribution is -0.117. The van der Waals surface area contributed by atoms with Crippen LogP contribution in [0.2, 0.25) is 0 Å². The number of hydrogen-bond donors (Lipinski definition) is 0. The molecule has 2 aromatic rings. The van der Waals surface area contributed by atoms with E-state index in [1.807, 2.05) is 0 Å². The first-order chi connectivity index (χ1) is 8.18. The number of aryl methyl sites for hydroxylation is 1. The molecule has 0 saturated heterocycles. The fourth-order valence-electron chi connectivity index (χ4n) is 1.66. The van der Waals surface area contributed by atoms with E-state index in [0.717, 1.165) is 12.8 Å². The third-order valence-electron chi connectivity index (χ3n) is 2.54. The van der Waals surface area contributed by atoms with E-state index in [2.05, 4.69) is 10.1 Å². The van der Waals surface area contributed by atoms with Crippen LogP contribution in [-0.4, -0.2) is 24.9 Å². The van der Waals surface area contributed by atoms with Gasteiger partial charge in [0.15, 0.2) is 5.65 Å². The first-order valence-electron chi connectivity index (χ1n) is 5.57. The molecule has 90 valence electrons. The average molecular weight is 234 g/mol. The Balaban J connectivity index is 2.06. The van der Waals surface area contributed by atoms with E-state index < -0.39 is 0 Å². The topological polar surface area (TPSA) is 69.3 Å². The molecule has 0 aromatic carbocycles. The molecule has 0 fully saturated rings. The molecular formula is C11H14N4O2. The van der Waals surface area contributed by atoms with Crippen molar-refractivity contribution in [3.05, 3.63) is 29.1 Å². The molecule has 0 saturated carbocycles. The molecule has 0 aliphatic rings. The molecule has 6 heteroatoms. The number of hydrogen-bond acceptors (Lipinski definition) is 4. The van der Waals surface area contributed by atoms with Gasteiger partial charge in [-0.15, -0.1) is 5.10 Å². The minimum atomic E-state index is -0.162. The highest BCUT2D eigenvalue weighted by Gasteiger charge is 2.05. The first-order valence-corrected chi connectivity index (χ1v) is 5.57. The molecule has 6 nitrogen and oxygen atoms in total. The second-order valence-corrected chi connectivity index (χ2v) is 3.97.